The lowest BCUT2D eigenvalue weighted by Gasteiger charge is -2.24. The molecule has 0 aliphatic carbocycles. The SMILES string of the molecule is C=CC(C)(CNC)Cc1csc(C)n1. The van der Waals surface area contributed by atoms with Crippen molar-refractivity contribution in [2.24, 2.45) is 5.41 Å². The summed E-state index contributed by atoms with van der Waals surface area (Å²) in [6.07, 6.45) is 2.97. The molecule has 0 aromatic carbocycles. The van der Waals surface area contributed by atoms with Gasteiger partial charge in [0.05, 0.1) is 10.7 Å². The summed E-state index contributed by atoms with van der Waals surface area (Å²) in [6.45, 7) is 9.07. The predicted molar refractivity (Wildman–Crippen MR) is 62.8 cm³/mol. The molecule has 3 heteroatoms. The van der Waals surface area contributed by atoms with Crippen molar-refractivity contribution in [3.8, 4) is 0 Å². The van der Waals surface area contributed by atoms with Crippen LogP contribution in [-0.4, -0.2) is 18.6 Å². The van der Waals surface area contributed by atoms with Gasteiger partial charge in [-0.2, -0.15) is 0 Å². The normalized spacial score (nSPS) is 15.1. The zero-order valence-corrected chi connectivity index (χ0v) is 9.95. The molecule has 0 radical (unpaired) electrons. The average Bonchev–Trinajstić information content (AvgIpc) is 2.51. The maximum Gasteiger partial charge on any atom is 0.0897 e. The van der Waals surface area contributed by atoms with Gasteiger partial charge in [0.25, 0.3) is 0 Å². The molecular weight excluding hydrogens is 192 g/mol. The van der Waals surface area contributed by atoms with Gasteiger partial charge in [-0.25, -0.2) is 4.98 Å². The minimum absolute atomic E-state index is 0.106. The van der Waals surface area contributed by atoms with E-state index in [1.165, 1.54) is 5.69 Å². The van der Waals surface area contributed by atoms with Crippen molar-refractivity contribution in [1.82, 2.24) is 10.3 Å². The molecule has 1 unspecified atom stereocenters. The van der Waals surface area contributed by atoms with Crippen molar-refractivity contribution in [1.29, 1.82) is 0 Å². The molecule has 14 heavy (non-hydrogen) atoms. The lowest BCUT2D eigenvalue weighted by atomic mass is 9.86. The zero-order valence-electron chi connectivity index (χ0n) is 9.13. The molecule has 0 bridgehead atoms. The molecule has 1 atom stereocenters. The van der Waals surface area contributed by atoms with Gasteiger partial charge in [-0.3, -0.25) is 0 Å². The van der Waals surface area contributed by atoms with Crippen LogP contribution in [0.4, 0.5) is 0 Å². The largest absolute Gasteiger partial charge is 0.319 e. The van der Waals surface area contributed by atoms with E-state index in [9.17, 15) is 0 Å². The molecule has 1 aromatic rings. The van der Waals surface area contributed by atoms with E-state index in [2.05, 4.69) is 29.2 Å². The molecular formula is C11H18N2S. The number of rotatable bonds is 5. The van der Waals surface area contributed by atoms with Crippen molar-refractivity contribution in [3.63, 3.8) is 0 Å². The Balaban J connectivity index is 2.69. The maximum atomic E-state index is 4.47. The summed E-state index contributed by atoms with van der Waals surface area (Å²) in [5.41, 5.74) is 1.28. The molecule has 0 spiro atoms. The second kappa shape index (κ2) is 4.71. The summed E-state index contributed by atoms with van der Waals surface area (Å²) >= 11 is 1.71. The third-order valence-corrected chi connectivity index (χ3v) is 3.15. The molecule has 1 heterocycles. The van der Waals surface area contributed by atoms with Gasteiger partial charge in [-0.05, 0) is 14.0 Å². The Morgan fingerprint density at radius 2 is 2.43 bits per heavy atom. The number of nitrogens with one attached hydrogen (secondary N) is 1. The Kier molecular flexibility index (Phi) is 3.84. The summed E-state index contributed by atoms with van der Waals surface area (Å²) in [5, 5.41) is 6.46. The van der Waals surface area contributed by atoms with Crippen LogP contribution >= 0.6 is 11.3 Å². The summed E-state index contributed by atoms with van der Waals surface area (Å²) < 4.78 is 0. The number of hydrogen-bond donors (Lipinski definition) is 1. The fourth-order valence-corrected chi connectivity index (χ4v) is 2.13. The Bertz CT molecular complexity index is 306. The van der Waals surface area contributed by atoms with Crippen LogP contribution in [0.5, 0.6) is 0 Å². The lowest BCUT2D eigenvalue weighted by Crippen LogP contribution is -2.29. The van der Waals surface area contributed by atoms with E-state index in [-0.39, 0.29) is 5.41 Å². The minimum atomic E-state index is 0.106. The first-order valence-corrected chi connectivity index (χ1v) is 5.67. The van der Waals surface area contributed by atoms with Crippen LogP contribution in [0.25, 0.3) is 0 Å². The number of aryl methyl sites for hydroxylation is 1. The second-order valence-electron chi connectivity index (χ2n) is 3.92. The Hall–Kier alpha value is -0.670. The van der Waals surface area contributed by atoms with Gasteiger partial charge in [0.1, 0.15) is 0 Å². The van der Waals surface area contributed by atoms with Crippen molar-refractivity contribution < 1.29 is 0 Å². The van der Waals surface area contributed by atoms with Crippen LogP contribution in [-0.2, 0) is 6.42 Å². The van der Waals surface area contributed by atoms with Crippen molar-refractivity contribution >= 4 is 11.3 Å². The molecule has 0 amide bonds. The second-order valence-corrected chi connectivity index (χ2v) is 4.99. The third-order valence-electron chi connectivity index (χ3n) is 2.32. The molecule has 0 aliphatic heterocycles. The van der Waals surface area contributed by atoms with Gasteiger partial charge >= 0.3 is 0 Å². The Morgan fingerprint density at radius 1 is 1.71 bits per heavy atom. The topological polar surface area (TPSA) is 24.9 Å². The highest BCUT2D eigenvalue weighted by Gasteiger charge is 2.20. The first kappa shape index (κ1) is 11.4. The monoisotopic (exact) mass is 210 g/mol. The van der Waals surface area contributed by atoms with E-state index >= 15 is 0 Å². The highest BCUT2D eigenvalue weighted by Crippen LogP contribution is 2.23. The molecule has 0 saturated heterocycles. The van der Waals surface area contributed by atoms with Crippen molar-refractivity contribution in [2.45, 2.75) is 20.3 Å². The first-order valence-electron chi connectivity index (χ1n) is 4.79. The molecule has 1 N–H and O–H groups in total. The minimum Gasteiger partial charge on any atom is -0.319 e. The number of thiazole rings is 1. The maximum absolute atomic E-state index is 4.47. The van der Waals surface area contributed by atoms with Gasteiger partial charge in [-0.1, -0.05) is 13.0 Å². The molecule has 1 aromatic heterocycles. The molecule has 0 aliphatic rings. The van der Waals surface area contributed by atoms with Crippen LogP contribution < -0.4 is 5.32 Å². The fourth-order valence-electron chi connectivity index (χ4n) is 1.51. The van der Waals surface area contributed by atoms with E-state index in [4.69, 9.17) is 0 Å². The smallest absolute Gasteiger partial charge is 0.0897 e. The lowest BCUT2D eigenvalue weighted by molar-refractivity contribution is 0.403. The van der Waals surface area contributed by atoms with Gasteiger partial charge in [0.2, 0.25) is 0 Å². The number of aromatic nitrogens is 1. The van der Waals surface area contributed by atoms with E-state index in [1.54, 1.807) is 11.3 Å². The quantitative estimate of drug-likeness (QED) is 0.755. The van der Waals surface area contributed by atoms with Gasteiger partial charge in [0.15, 0.2) is 0 Å². The van der Waals surface area contributed by atoms with Crippen LogP contribution in [0.2, 0.25) is 0 Å². The number of nitrogens with zero attached hydrogens (tertiary/aromatic N) is 1. The van der Waals surface area contributed by atoms with Gasteiger partial charge in [0, 0.05) is 23.8 Å². The standard InChI is InChI=1S/C11H18N2S/c1-5-11(3,8-12-4)6-10-7-14-9(2)13-10/h5,7,12H,1,6,8H2,2-4H3. The molecule has 0 saturated carbocycles. The third kappa shape index (κ3) is 2.93. The Labute approximate surface area is 90.1 Å². The number of hydrogen-bond acceptors (Lipinski definition) is 3. The average molecular weight is 210 g/mol. The highest BCUT2D eigenvalue weighted by atomic mass is 32.1. The fraction of sp³-hybridized carbons (Fsp3) is 0.545. The van der Waals surface area contributed by atoms with E-state index in [0.29, 0.717) is 0 Å². The summed E-state index contributed by atoms with van der Waals surface area (Å²) in [4.78, 5) is 4.47. The predicted octanol–water partition coefficient (Wildman–Crippen LogP) is 2.41. The molecule has 1 rings (SSSR count). The van der Waals surface area contributed by atoms with E-state index in [1.807, 2.05) is 20.0 Å². The summed E-state index contributed by atoms with van der Waals surface area (Å²) in [6, 6.07) is 0. The molecule has 0 fully saturated rings. The first-order chi connectivity index (χ1) is 6.59. The highest BCUT2D eigenvalue weighted by molar-refractivity contribution is 7.09. The van der Waals surface area contributed by atoms with Crippen molar-refractivity contribution in [2.75, 3.05) is 13.6 Å². The van der Waals surface area contributed by atoms with E-state index in [0.717, 1.165) is 18.0 Å². The zero-order chi connectivity index (χ0) is 10.6. The summed E-state index contributed by atoms with van der Waals surface area (Å²) in [5.74, 6) is 0. The van der Waals surface area contributed by atoms with Crippen LogP contribution in [0, 0.1) is 12.3 Å². The van der Waals surface area contributed by atoms with Crippen LogP contribution in [0.3, 0.4) is 0 Å². The van der Waals surface area contributed by atoms with Crippen LogP contribution in [0.1, 0.15) is 17.6 Å². The van der Waals surface area contributed by atoms with Crippen LogP contribution in [0.15, 0.2) is 18.0 Å². The molecule has 2 nitrogen and oxygen atoms in total. The Morgan fingerprint density at radius 3 is 2.86 bits per heavy atom. The van der Waals surface area contributed by atoms with E-state index < -0.39 is 0 Å². The van der Waals surface area contributed by atoms with Gasteiger partial charge in [-0.15, -0.1) is 17.9 Å². The molecule has 78 valence electrons. The van der Waals surface area contributed by atoms with Gasteiger partial charge < -0.3 is 5.32 Å². The summed E-state index contributed by atoms with van der Waals surface area (Å²) in [7, 11) is 1.97. The van der Waals surface area contributed by atoms with Crippen molar-refractivity contribution in [3.05, 3.63) is 28.7 Å².